The van der Waals surface area contributed by atoms with Gasteiger partial charge in [0, 0.05) is 6.42 Å². The van der Waals surface area contributed by atoms with Crippen molar-refractivity contribution in [1.82, 2.24) is 0 Å². The molecule has 0 aromatic heterocycles. The van der Waals surface area contributed by atoms with Crippen LogP contribution >= 0.6 is 0 Å². The van der Waals surface area contributed by atoms with Crippen molar-refractivity contribution in [1.29, 1.82) is 0 Å². The third-order valence-electron chi connectivity index (χ3n) is 3.67. The highest BCUT2D eigenvalue weighted by atomic mass is 16.7. The molecule has 0 bridgehead atoms. The van der Waals surface area contributed by atoms with E-state index in [1.165, 1.54) is 0 Å². The quantitative estimate of drug-likeness (QED) is 0.916. The Labute approximate surface area is 120 Å². The Bertz CT molecular complexity index is 720. The van der Waals surface area contributed by atoms with E-state index in [-0.39, 0.29) is 18.3 Å². The lowest BCUT2D eigenvalue weighted by atomic mass is 10.0. The van der Waals surface area contributed by atoms with Gasteiger partial charge in [-0.15, -0.1) is 0 Å². The second-order valence-corrected chi connectivity index (χ2v) is 5.02. The summed E-state index contributed by atoms with van der Waals surface area (Å²) in [6, 6.07) is 10.2. The molecule has 1 N–H and O–H groups in total. The van der Waals surface area contributed by atoms with E-state index in [2.05, 4.69) is 0 Å². The minimum Gasteiger partial charge on any atom is -0.508 e. The predicted octanol–water partition coefficient (Wildman–Crippen LogP) is 2.31. The van der Waals surface area contributed by atoms with Crippen molar-refractivity contribution in [2.24, 2.45) is 0 Å². The van der Waals surface area contributed by atoms with Crippen molar-refractivity contribution in [2.45, 2.75) is 12.5 Å². The van der Waals surface area contributed by atoms with Gasteiger partial charge in [0.2, 0.25) is 18.3 Å². The lowest BCUT2D eigenvalue weighted by Gasteiger charge is -2.10. The summed E-state index contributed by atoms with van der Waals surface area (Å²) in [5.41, 5.74) is 1.45. The van der Waals surface area contributed by atoms with Crippen molar-refractivity contribution in [3.05, 3.63) is 47.5 Å². The summed E-state index contributed by atoms with van der Waals surface area (Å²) < 4.78 is 16.4. The molecule has 1 atom stereocenters. The van der Waals surface area contributed by atoms with Crippen LogP contribution in [-0.2, 0) is 6.42 Å². The highest BCUT2D eigenvalue weighted by Gasteiger charge is 2.37. The van der Waals surface area contributed by atoms with Crippen molar-refractivity contribution < 1.29 is 24.1 Å². The van der Waals surface area contributed by atoms with Crippen LogP contribution in [0, 0.1) is 0 Å². The molecule has 2 aromatic carbocycles. The average Bonchev–Trinajstić information content (AvgIpc) is 3.07. The summed E-state index contributed by atoms with van der Waals surface area (Å²) in [7, 11) is 0. The highest BCUT2D eigenvalue weighted by Crippen LogP contribution is 2.47. The topological polar surface area (TPSA) is 65.0 Å². The third-order valence-corrected chi connectivity index (χ3v) is 3.67. The Balaban J connectivity index is 1.63. The smallest absolute Gasteiger partial charge is 0.231 e. The SMILES string of the molecule is O=C1c2ccc3c(c2OC1Cc1ccc(O)cc1)OCO3. The molecule has 2 aliphatic heterocycles. The first kappa shape index (κ1) is 12.1. The Kier molecular flexibility index (Phi) is 2.54. The van der Waals surface area contributed by atoms with Crippen molar-refractivity contribution in [2.75, 3.05) is 6.79 Å². The van der Waals surface area contributed by atoms with Crippen LogP contribution in [0.2, 0.25) is 0 Å². The fourth-order valence-corrected chi connectivity index (χ4v) is 2.61. The van der Waals surface area contributed by atoms with Crippen LogP contribution in [0.4, 0.5) is 0 Å². The van der Waals surface area contributed by atoms with Crippen LogP contribution < -0.4 is 14.2 Å². The molecule has 5 nitrogen and oxygen atoms in total. The second-order valence-electron chi connectivity index (χ2n) is 5.02. The van der Waals surface area contributed by atoms with Crippen LogP contribution in [0.1, 0.15) is 15.9 Å². The number of fused-ring (bicyclic) bond motifs is 3. The van der Waals surface area contributed by atoms with Crippen molar-refractivity contribution >= 4 is 5.78 Å². The first-order valence-corrected chi connectivity index (χ1v) is 6.64. The molecule has 0 fully saturated rings. The molecule has 1 unspecified atom stereocenters. The minimum atomic E-state index is -0.569. The van der Waals surface area contributed by atoms with Crippen LogP contribution in [-0.4, -0.2) is 23.8 Å². The van der Waals surface area contributed by atoms with Gasteiger partial charge in [0.05, 0.1) is 5.56 Å². The van der Waals surface area contributed by atoms with Gasteiger partial charge >= 0.3 is 0 Å². The van der Waals surface area contributed by atoms with Gasteiger partial charge < -0.3 is 19.3 Å². The predicted molar refractivity (Wildman–Crippen MR) is 73.1 cm³/mol. The fraction of sp³-hybridized carbons (Fsp3) is 0.188. The zero-order chi connectivity index (χ0) is 14.4. The van der Waals surface area contributed by atoms with Gasteiger partial charge in [0.15, 0.2) is 17.6 Å². The van der Waals surface area contributed by atoms with Crippen LogP contribution in [0.15, 0.2) is 36.4 Å². The molecule has 2 aliphatic rings. The number of carbonyl (C=O) groups is 1. The van der Waals surface area contributed by atoms with Gasteiger partial charge in [-0.05, 0) is 29.8 Å². The molecule has 2 heterocycles. The van der Waals surface area contributed by atoms with Gasteiger partial charge in [0.1, 0.15) is 5.75 Å². The van der Waals surface area contributed by atoms with E-state index < -0.39 is 6.10 Å². The Morgan fingerprint density at radius 3 is 2.67 bits per heavy atom. The van der Waals surface area contributed by atoms with E-state index >= 15 is 0 Å². The van der Waals surface area contributed by atoms with Crippen LogP contribution in [0.3, 0.4) is 0 Å². The standard InChI is InChI=1S/C16H12O5/c17-10-3-1-9(2-4-10)7-13-14(18)11-5-6-12-16(15(11)21-13)20-8-19-12/h1-6,13,17H,7-8H2. The molecular formula is C16H12O5. The molecule has 106 valence electrons. The number of phenols is 1. The highest BCUT2D eigenvalue weighted by molar-refractivity contribution is 6.06. The van der Waals surface area contributed by atoms with Gasteiger partial charge in [-0.25, -0.2) is 0 Å². The first-order valence-electron chi connectivity index (χ1n) is 6.64. The van der Waals surface area contributed by atoms with Gasteiger partial charge in [-0.3, -0.25) is 4.79 Å². The van der Waals surface area contributed by atoms with Crippen molar-refractivity contribution in [3.63, 3.8) is 0 Å². The van der Waals surface area contributed by atoms with Gasteiger partial charge in [0.25, 0.3) is 0 Å². The summed E-state index contributed by atoms with van der Waals surface area (Å²) in [4.78, 5) is 12.4. The summed E-state index contributed by atoms with van der Waals surface area (Å²) in [5.74, 6) is 1.72. The molecule has 2 aromatic rings. The lowest BCUT2D eigenvalue weighted by Crippen LogP contribution is -2.23. The summed E-state index contributed by atoms with van der Waals surface area (Å²) in [6.07, 6.45) is -0.121. The number of hydrogen-bond donors (Lipinski definition) is 1. The molecule has 0 aliphatic carbocycles. The van der Waals surface area contributed by atoms with E-state index in [1.54, 1.807) is 36.4 Å². The zero-order valence-corrected chi connectivity index (χ0v) is 11.0. The second kappa shape index (κ2) is 4.41. The monoisotopic (exact) mass is 284 g/mol. The van der Waals surface area contributed by atoms with E-state index in [4.69, 9.17) is 14.2 Å². The number of carbonyl (C=O) groups excluding carboxylic acids is 1. The molecule has 4 rings (SSSR count). The molecule has 0 saturated heterocycles. The maximum absolute atomic E-state index is 12.4. The van der Waals surface area contributed by atoms with Gasteiger partial charge in [-0.1, -0.05) is 12.1 Å². The largest absolute Gasteiger partial charge is 0.508 e. The van der Waals surface area contributed by atoms with E-state index in [1.807, 2.05) is 0 Å². The van der Waals surface area contributed by atoms with E-state index in [0.29, 0.717) is 29.2 Å². The Morgan fingerprint density at radius 1 is 1.05 bits per heavy atom. The molecule has 0 radical (unpaired) electrons. The number of benzene rings is 2. The maximum atomic E-state index is 12.4. The number of ketones is 1. The Hall–Kier alpha value is -2.69. The van der Waals surface area contributed by atoms with E-state index in [0.717, 1.165) is 5.56 Å². The molecule has 0 saturated carbocycles. The van der Waals surface area contributed by atoms with Crippen LogP contribution in [0.25, 0.3) is 0 Å². The number of phenolic OH excluding ortho intramolecular Hbond substituents is 1. The summed E-state index contributed by atoms with van der Waals surface area (Å²) in [5, 5.41) is 9.29. The molecular weight excluding hydrogens is 272 g/mol. The normalized spacial score (nSPS) is 18.5. The summed E-state index contributed by atoms with van der Waals surface area (Å²) >= 11 is 0. The summed E-state index contributed by atoms with van der Waals surface area (Å²) in [6.45, 7) is 0.145. The van der Waals surface area contributed by atoms with Gasteiger partial charge in [-0.2, -0.15) is 0 Å². The molecule has 0 amide bonds. The number of Topliss-reactive ketones (excluding diaryl/α,β-unsaturated/α-hetero) is 1. The number of ether oxygens (including phenoxy) is 3. The Morgan fingerprint density at radius 2 is 1.86 bits per heavy atom. The zero-order valence-electron chi connectivity index (χ0n) is 11.0. The molecule has 21 heavy (non-hydrogen) atoms. The average molecular weight is 284 g/mol. The minimum absolute atomic E-state index is 0.0589. The van der Waals surface area contributed by atoms with Crippen LogP contribution in [0.5, 0.6) is 23.0 Å². The molecule has 5 heteroatoms. The van der Waals surface area contributed by atoms with E-state index in [9.17, 15) is 9.90 Å². The molecule has 0 spiro atoms. The number of rotatable bonds is 2. The number of aromatic hydroxyl groups is 1. The number of hydrogen-bond acceptors (Lipinski definition) is 5. The maximum Gasteiger partial charge on any atom is 0.231 e. The fourth-order valence-electron chi connectivity index (χ4n) is 2.61. The first-order chi connectivity index (χ1) is 10.2. The van der Waals surface area contributed by atoms with Crippen molar-refractivity contribution in [3.8, 4) is 23.0 Å². The lowest BCUT2D eigenvalue weighted by molar-refractivity contribution is 0.0854. The third kappa shape index (κ3) is 1.89.